The molecule has 112 valence electrons. The zero-order valence-corrected chi connectivity index (χ0v) is 13.2. The van der Waals surface area contributed by atoms with E-state index in [-0.39, 0.29) is 11.7 Å². The highest BCUT2D eigenvalue weighted by Gasteiger charge is 2.23. The van der Waals surface area contributed by atoms with E-state index >= 15 is 0 Å². The van der Waals surface area contributed by atoms with E-state index in [1.165, 1.54) is 10.8 Å². The third-order valence-corrected chi connectivity index (χ3v) is 3.98. The van der Waals surface area contributed by atoms with Crippen molar-refractivity contribution in [3.05, 3.63) is 63.1 Å². The van der Waals surface area contributed by atoms with Gasteiger partial charge in [0.2, 0.25) is 0 Å². The fraction of sp³-hybridized carbons (Fsp3) is 0.133. The summed E-state index contributed by atoms with van der Waals surface area (Å²) in [6, 6.07) is 10.8. The lowest BCUT2D eigenvalue weighted by Gasteiger charge is -2.13. The molecule has 7 heteroatoms. The lowest BCUT2D eigenvalue weighted by atomic mass is 10.1. The molecule has 22 heavy (non-hydrogen) atoms. The zero-order valence-electron chi connectivity index (χ0n) is 11.6. The maximum Gasteiger partial charge on any atom is 0.421 e. The summed E-state index contributed by atoms with van der Waals surface area (Å²) >= 11 is 3.31. The second-order valence-corrected chi connectivity index (χ2v) is 5.77. The molecule has 6 nitrogen and oxygen atoms in total. The van der Waals surface area contributed by atoms with Crippen LogP contribution in [0.5, 0.6) is 0 Å². The van der Waals surface area contributed by atoms with E-state index in [1.807, 2.05) is 37.3 Å². The molecule has 0 amide bonds. The number of aromatic nitrogens is 3. The number of carbonyl (C=O) groups is 1. The topological polar surface area (TPSA) is 77.1 Å². The molecule has 1 aromatic carbocycles. The quantitative estimate of drug-likeness (QED) is 0.760. The molecule has 0 saturated heterocycles. The third kappa shape index (κ3) is 2.23. The van der Waals surface area contributed by atoms with Crippen molar-refractivity contribution in [3.63, 3.8) is 0 Å². The second-order valence-electron chi connectivity index (χ2n) is 4.85. The number of fused-ring (bicyclic) bond motifs is 1. The van der Waals surface area contributed by atoms with Gasteiger partial charge in [-0.25, -0.2) is 14.6 Å². The molecule has 0 spiro atoms. The van der Waals surface area contributed by atoms with Gasteiger partial charge in [0.15, 0.2) is 5.65 Å². The van der Waals surface area contributed by atoms with Crippen LogP contribution in [0.2, 0.25) is 0 Å². The number of hydrogen-bond acceptors (Lipinski definition) is 3. The molecule has 3 rings (SSSR count). The average molecular weight is 362 g/mol. The number of rotatable bonds is 2. The van der Waals surface area contributed by atoms with E-state index in [1.54, 1.807) is 6.07 Å². The summed E-state index contributed by atoms with van der Waals surface area (Å²) in [5.41, 5.74) is 0.889. The summed E-state index contributed by atoms with van der Waals surface area (Å²) in [5.74, 6) is 0. The lowest BCUT2D eigenvalue weighted by Crippen LogP contribution is -2.30. The Bertz CT molecular complexity index is 915. The van der Waals surface area contributed by atoms with E-state index in [0.717, 1.165) is 5.56 Å². The van der Waals surface area contributed by atoms with Gasteiger partial charge in [-0.05, 0) is 34.5 Å². The van der Waals surface area contributed by atoms with Crippen molar-refractivity contribution in [3.8, 4) is 0 Å². The van der Waals surface area contributed by atoms with Crippen molar-refractivity contribution >= 4 is 33.2 Å². The highest BCUT2D eigenvalue weighted by Crippen LogP contribution is 2.23. The largest absolute Gasteiger partial charge is 0.464 e. The minimum Gasteiger partial charge on any atom is -0.464 e. The highest BCUT2D eigenvalue weighted by atomic mass is 79.9. The summed E-state index contributed by atoms with van der Waals surface area (Å²) in [5, 5.41) is 9.30. The Balaban J connectivity index is 2.34. The fourth-order valence-electron chi connectivity index (χ4n) is 2.50. The highest BCUT2D eigenvalue weighted by molar-refractivity contribution is 9.10. The van der Waals surface area contributed by atoms with E-state index in [2.05, 4.69) is 20.9 Å². The average Bonchev–Trinajstić information content (AvgIpc) is 2.78. The minimum absolute atomic E-state index is 0.128. The van der Waals surface area contributed by atoms with E-state index in [0.29, 0.717) is 14.6 Å². The van der Waals surface area contributed by atoms with Crippen LogP contribution in [0.1, 0.15) is 18.5 Å². The van der Waals surface area contributed by atoms with Gasteiger partial charge in [-0.3, -0.25) is 4.57 Å². The Morgan fingerprint density at radius 1 is 1.32 bits per heavy atom. The number of carboxylic acid groups (broad SMARTS) is 1. The minimum atomic E-state index is -1.34. The van der Waals surface area contributed by atoms with E-state index in [4.69, 9.17) is 0 Å². The number of pyridine rings is 1. The van der Waals surface area contributed by atoms with Gasteiger partial charge in [-0.2, -0.15) is 4.57 Å². The summed E-state index contributed by atoms with van der Waals surface area (Å²) in [6.45, 7) is 1.85. The van der Waals surface area contributed by atoms with Crippen LogP contribution in [0.25, 0.3) is 11.2 Å². The molecule has 1 N–H and O–H groups in total. The van der Waals surface area contributed by atoms with Crippen molar-refractivity contribution in [1.82, 2.24) is 14.1 Å². The first kappa shape index (κ1) is 14.5. The summed E-state index contributed by atoms with van der Waals surface area (Å²) in [7, 11) is 0. The first-order chi connectivity index (χ1) is 10.5. The predicted octanol–water partition coefficient (Wildman–Crippen LogP) is 3.10. The first-order valence-electron chi connectivity index (χ1n) is 6.57. The first-order valence-corrected chi connectivity index (χ1v) is 7.36. The molecule has 0 unspecified atom stereocenters. The second kappa shape index (κ2) is 5.42. The summed E-state index contributed by atoms with van der Waals surface area (Å²) < 4.78 is 2.79. The normalized spacial score (nSPS) is 12.5. The molecule has 1 atom stereocenters. The molecule has 0 fully saturated rings. The number of nitrogens with zero attached hydrogens (tertiary/aromatic N) is 3. The molecule has 0 saturated carbocycles. The van der Waals surface area contributed by atoms with Crippen molar-refractivity contribution in [2.45, 2.75) is 13.0 Å². The van der Waals surface area contributed by atoms with Crippen molar-refractivity contribution < 1.29 is 9.90 Å². The Morgan fingerprint density at radius 2 is 2.00 bits per heavy atom. The predicted molar refractivity (Wildman–Crippen MR) is 85.4 cm³/mol. The van der Waals surface area contributed by atoms with Gasteiger partial charge < -0.3 is 5.11 Å². The van der Waals surface area contributed by atoms with Crippen LogP contribution >= 0.6 is 15.9 Å². The van der Waals surface area contributed by atoms with Gasteiger partial charge in [-0.1, -0.05) is 30.3 Å². The summed E-state index contributed by atoms with van der Waals surface area (Å²) in [4.78, 5) is 28.0. The third-order valence-electron chi connectivity index (χ3n) is 3.54. The van der Waals surface area contributed by atoms with Gasteiger partial charge >= 0.3 is 11.8 Å². The van der Waals surface area contributed by atoms with Crippen LogP contribution in [0.3, 0.4) is 0 Å². The van der Waals surface area contributed by atoms with Crippen molar-refractivity contribution in [2.24, 2.45) is 0 Å². The van der Waals surface area contributed by atoms with Crippen LogP contribution < -0.4 is 5.69 Å². The van der Waals surface area contributed by atoms with E-state index in [9.17, 15) is 14.7 Å². The van der Waals surface area contributed by atoms with Gasteiger partial charge in [0.25, 0.3) is 0 Å². The molecule has 0 radical (unpaired) electrons. The zero-order chi connectivity index (χ0) is 15.9. The molecule has 0 bridgehead atoms. The van der Waals surface area contributed by atoms with Gasteiger partial charge in [-0.15, -0.1) is 0 Å². The van der Waals surface area contributed by atoms with Crippen LogP contribution in [0, 0.1) is 0 Å². The van der Waals surface area contributed by atoms with Crippen LogP contribution in [0.4, 0.5) is 4.79 Å². The maximum absolute atomic E-state index is 12.5. The Labute approximate surface area is 133 Å². The van der Waals surface area contributed by atoms with Crippen LogP contribution in [-0.4, -0.2) is 25.3 Å². The molecule has 0 aliphatic rings. The van der Waals surface area contributed by atoms with Gasteiger partial charge in [0.05, 0.1) is 11.6 Å². The Hall–Kier alpha value is -2.41. The van der Waals surface area contributed by atoms with Gasteiger partial charge in [0, 0.05) is 10.7 Å². The standard InChI is InChI=1S/C15H12BrN3O3/c1-9(10-5-3-2-4-6-10)18-12-7-11(16)8-17-13(12)19(14(18)20)15(21)22/h2-9H,1H3,(H,21,22)/t9-/m1/s1. The Kier molecular flexibility index (Phi) is 3.58. The van der Waals surface area contributed by atoms with Gasteiger partial charge in [0.1, 0.15) is 0 Å². The fourth-order valence-corrected chi connectivity index (χ4v) is 2.82. The Morgan fingerprint density at radius 3 is 2.64 bits per heavy atom. The number of hydrogen-bond donors (Lipinski definition) is 1. The molecular weight excluding hydrogens is 350 g/mol. The molecule has 3 aromatic rings. The van der Waals surface area contributed by atoms with E-state index < -0.39 is 11.8 Å². The molecule has 0 aliphatic heterocycles. The molecular formula is C15H12BrN3O3. The smallest absolute Gasteiger partial charge is 0.421 e. The van der Waals surface area contributed by atoms with Crippen LogP contribution in [-0.2, 0) is 0 Å². The van der Waals surface area contributed by atoms with Crippen LogP contribution in [0.15, 0.2) is 51.9 Å². The monoisotopic (exact) mass is 361 g/mol. The SMILES string of the molecule is C[C@H](c1ccccc1)n1c(=O)n(C(=O)O)c2ncc(Br)cc21. The lowest BCUT2D eigenvalue weighted by molar-refractivity contribution is 0.196. The number of imidazole rings is 1. The molecule has 2 heterocycles. The van der Waals surface area contributed by atoms with Crippen molar-refractivity contribution in [1.29, 1.82) is 0 Å². The molecule has 0 aliphatic carbocycles. The molecule has 2 aromatic heterocycles. The maximum atomic E-state index is 12.5. The number of benzene rings is 1. The van der Waals surface area contributed by atoms with Crippen molar-refractivity contribution in [2.75, 3.05) is 0 Å². The summed E-state index contributed by atoms with van der Waals surface area (Å²) in [6.07, 6.45) is 0.127. The number of halogens is 1.